The quantitative estimate of drug-likeness (QED) is 0.595. The summed E-state index contributed by atoms with van der Waals surface area (Å²) in [7, 11) is 0. The van der Waals surface area contributed by atoms with E-state index in [0.29, 0.717) is 6.04 Å². The van der Waals surface area contributed by atoms with E-state index in [1.807, 2.05) is 12.3 Å². The Morgan fingerprint density at radius 3 is 2.57 bits per heavy atom. The molecule has 4 heteroatoms. The van der Waals surface area contributed by atoms with Gasteiger partial charge in [0.25, 0.3) is 0 Å². The maximum atomic E-state index is 8.73. The summed E-state index contributed by atoms with van der Waals surface area (Å²) in [6, 6.07) is 4.60. The summed E-state index contributed by atoms with van der Waals surface area (Å²) >= 11 is 0. The molecule has 3 N–H and O–H groups in total. The van der Waals surface area contributed by atoms with Gasteiger partial charge < -0.3 is 22.7 Å². The predicted molar refractivity (Wildman–Crippen MR) is 49.2 cm³/mol. The predicted octanol–water partition coefficient (Wildman–Crippen LogP) is -1.65. The average Bonchev–Trinajstić information content (AvgIpc) is 2.72. The van der Waals surface area contributed by atoms with Gasteiger partial charge in [-0.05, 0) is 12.8 Å². The number of hydrogen-bond acceptors (Lipinski definition) is 1. The Kier molecular flexibility index (Phi) is 3.56. The molecule has 0 radical (unpaired) electrons. The van der Waals surface area contributed by atoms with Crippen molar-refractivity contribution in [3.05, 3.63) is 17.8 Å². The Balaban J connectivity index is 0.000000980. The summed E-state index contributed by atoms with van der Waals surface area (Å²) in [6.45, 7) is 0. The summed E-state index contributed by atoms with van der Waals surface area (Å²) in [6.07, 6.45) is 7.02. The summed E-state index contributed by atoms with van der Waals surface area (Å²) < 4.78 is 2.16. The third kappa shape index (κ3) is 1.92. The van der Waals surface area contributed by atoms with Crippen LogP contribution in [-0.2, 0) is 0 Å². The molecule has 0 bridgehead atoms. The molecule has 1 saturated carbocycles. The van der Waals surface area contributed by atoms with E-state index in [1.165, 1.54) is 25.7 Å². The standard InChI is InChI=1S/C10H13N3.ClH/c11-6-8-5-10(12)13(7-8)9-3-1-2-4-9;/h5,7,9H,1-4,12H2;1H. The molecular weight excluding hydrogens is 198 g/mol. The Morgan fingerprint density at radius 2 is 2.07 bits per heavy atom. The van der Waals surface area contributed by atoms with E-state index in [4.69, 9.17) is 5.26 Å². The van der Waals surface area contributed by atoms with Crippen LogP contribution in [0.1, 0.15) is 37.3 Å². The van der Waals surface area contributed by atoms with Gasteiger partial charge in [-0.25, -0.2) is 0 Å². The number of nitriles is 1. The summed E-state index contributed by atoms with van der Waals surface area (Å²) in [5, 5.41) is 8.73. The van der Waals surface area contributed by atoms with Crippen LogP contribution in [0.25, 0.3) is 0 Å². The fourth-order valence-corrected chi connectivity index (χ4v) is 2.11. The molecule has 1 aromatic rings. The summed E-state index contributed by atoms with van der Waals surface area (Å²) in [5.74, 6) is 0.975. The number of hydrogen-bond donors (Lipinski definition) is 1. The van der Waals surface area contributed by atoms with Crippen LogP contribution in [0.5, 0.6) is 0 Å². The molecule has 1 heterocycles. The van der Waals surface area contributed by atoms with E-state index in [1.54, 1.807) is 0 Å². The molecule has 2 rings (SSSR count). The minimum absolute atomic E-state index is 0. The molecule has 76 valence electrons. The Labute approximate surface area is 89.9 Å². The molecule has 1 aliphatic carbocycles. The first-order valence-electron chi connectivity index (χ1n) is 4.75. The molecule has 1 aromatic heterocycles. The van der Waals surface area contributed by atoms with Gasteiger partial charge in [0.15, 0.2) is 0 Å². The van der Waals surface area contributed by atoms with Crippen LogP contribution in [0.4, 0.5) is 5.82 Å². The normalized spacial score (nSPS) is 16.3. The second-order valence-corrected chi connectivity index (χ2v) is 3.68. The van der Waals surface area contributed by atoms with Crippen LogP contribution in [0.15, 0.2) is 12.3 Å². The van der Waals surface area contributed by atoms with E-state index >= 15 is 0 Å². The zero-order chi connectivity index (χ0) is 9.26. The highest BCUT2D eigenvalue weighted by molar-refractivity contribution is 5.36. The number of aromatic nitrogens is 1. The van der Waals surface area contributed by atoms with Gasteiger partial charge in [0.2, 0.25) is 5.82 Å². The molecule has 0 aliphatic heterocycles. The molecule has 3 nitrogen and oxygen atoms in total. The molecule has 0 atom stereocenters. The zero-order valence-corrected chi connectivity index (χ0v) is 8.80. The van der Waals surface area contributed by atoms with Crippen molar-refractivity contribution >= 4 is 5.82 Å². The highest BCUT2D eigenvalue weighted by atomic mass is 35.5. The smallest absolute Gasteiger partial charge is 0.204 e. The lowest BCUT2D eigenvalue weighted by atomic mass is 10.2. The molecule has 0 unspecified atom stereocenters. The van der Waals surface area contributed by atoms with Gasteiger partial charge in [0.05, 0.1) is 5.56 Å². The largest absolute Gasteiger partial charge is 1.00 e. The maximum Gasteiger partial charge on any atom is 0.204 e. The second-order valence-electron chi connectivity index (χ2n) is 3.68. The van der Waals surface area contributed by atoms with Crippen molar-refractivity contribution in [3.63, 3.8) is 0 Å². The molecule has 0 amide bonds. The molecule has 1 fully saturated rings. The third-order valence-electron chi connectivity index (χ3n) is 2.78. The van der Waals surface area contributed by atoms with Gasteiger partial charge >= 0.3 is 0 Å². The third-order valence-corrected chi connectivity index (χ3v) is 2.78. The first kappa shape index (κ1) is 11.1. The fraction of sp³-hybridized carbons (Fsp3) is 0.500. The summed E-state index contributed by atoms with van der Waals surface area (Å²) in [4.78, 5) is 0. The fourth-order valence-electron chi connectivity index (χ4n) is 2.11. The number of rotatable bonds is 1. The van der Waals surface area contributed by atoms with Crippen molar-refractivity contribution in [2.24, 2.45) is 0 Å². The monoisotopic (exact) mass is 211 g/mol. The average molecular weight is 212 g/mol. The number of nitrogens with zero attached hydrogens (tertiary/aromatic N) is 2. The molecule has 1 aliphatic rings. The summed E-state index contributed by atoms with van der Waals surface area (Å²) in [5.41, 5.74) is 4.68. The highest BCUT2D eigenvalue weighted by Gasteiger charge is 2.19. The molecule has 14 heavy (non-hydrogen) atoms. The topological polar surface area (TPSA) is 56.4 Å². The first-order valence-corrected chi connectivity index (χ1v) is 4.75. The maximum absolute atomic E-state index is 8.73. The zero-order valence-electron chi connectivity index (χ0n) is 8.04. The lowest BCUT2D eigenvalue weighted by Gasteiger charge is -2.10. The van der Waals surface area contributed by atoms with Gasteiger partial charge in [-0.1, -0.05) is 12.8 Å². The van der Waals surface area contributed by atoms with Crippen LogP contribution in [0, 0.1) is 11.3 Å². The van der Waals surface area contributed by atoms with Crippen molar-refractivity contribution in [2.45, 2.75) is 31.7 Å². The van der Waals surface area contributed by atoms with E-state index < -0.39 is 0 Å². The molecule has 0 spiro atoms. The van der Waals surface area contributed by atoms with E-state index in [0.717, 1.165) is 11.4 Å². The van der Waals surface area contributed by atoms with Crippen LogP contribution in [-0.4, -0.2) is 4.57 Å². The van der Waals surface area contributed by atoms with Crippen molar-refractivity contribution in [2.75, 3.05) is 0 Å². The van der Waals surface area contributed by atoms with Crippen LogP contribution in [0.3, 0.4) is 0 Å². The van der Waals surface area contributed by atoms with Crippen molar-refractivity contribution in [3.8, 4) is 6.07 Å². The van der Waals surface area contributed by atoms with Crippen LogP contribution in [0.2, 0.25) is 0 Å². The molecule has 0 aromatic carbocycles. The second kappa shape index (κ2) is 4.50. The van der Waals surface area contributed by atoms with Gasteiger partial charge in [-0.15, -0.1) is 0 Å². The van der Waals surface area contributed by atoms with E-state index in [9.17, 15) is 0 Å². The highest BCUT2D eigenvalue weighted by Crippen LogP contribution is 2.31. The lowest BCUT2D eigenvalue weighted by Crippen LogP contribution is -3.00. The number of halogens is 1. The van der Waals surface area contributed by atoms with Gasteiger partial charge in [-0.3, -0.25) is 0 Å². The minimum Gasteiger partial charge on any atom is -1.00 e. The Morgan fingerprint density at radius 1 is 1.43 bits per heavy atom. The SMILES string of the molecule is N#Cc1cc([NH3+])n(C2CCCC2)c1.[Cl-]. The molecular formula is C10H14ClN3. The van der Waals surface area contributed by atoms with Gasteiger partial charge in [-0.2, -0.15) is 5.26 Å². The van der Waals surface area contributed by atoms with Crippen molar-refractivity contribution in [1.82, 2.24) is 4.57 Å². The Bertz CT molecular complexity index is 345. The van der Waals surface area contributed by atoms with Gasteiger partial charge in [0, 0.05) is 18.3 Å². The number of quaternary nitrogens is 1. The van der Waals surface area contributed by atoms with Crippen LogP contribution < -0.4 is 18.1 Å². The Hall–Kier alpha value is -0.980. The molecule has 0 saturated heterocycles. The van der Waals surface area contributed by atoms with Crippen molar-refractivity contribution < 1.29 is 18.1 Å². The van der Waals surface area contributed by atoms with Crippen molar-refractivity contribution in [1.29, 1.82) is 5.26 Å². The van der Waals surface area contributed by atoms with E-state index in [2.05, 4.69) is 16.4 Å². The first-order chi connectivity index (χ1) is 6.31. The lowest BCUT2D eigenvalue weighted by molar-refractivity contribution is -0.265. The minimum atomic E-state index is 0. The van der Waals surface area contributed by atoms with E-state index in [-0.39, 0.29) is 12.4 Å². The van der Waals surface area contributed by atoms with Crippen LogP contribution >= 0.6 is 0 Å². The van der Waals surface area contributed by atoms with Gasteiger partial charge in [0.1, 0.15) is 6.07 Å².